The summed E-state index contributed by atoms with van der Waals surface area (Å²) in [6.07, 6.45) is 4.94. The molecule has 1 aliphatic rings. The van der Waals surface area contributed by atoms with Crippen molar-refractivity contribution in [3.63, 3.8) is 0 Å². The first-order chi connectivity index (χ1) is 11.2. The predicted octanol–water partition coefficient (Wildman–Crippen LogP) is 1.32. The first kappa shape index (κ1) is 14.1. The van der Waals surface area contributed by atoms with Crippen molar-refractivity contribution in [1.82, 2.24) is 24.3 Å². The Hall–Kier alpha value is -2.48. The van der Waals surface area contributed by atoms with E-state index in [0.717, 1.165) is 19.4 Å². The van der Waals surface area contributed by atoms with Crippen LogP contribution < -0.4 is 5.56 Å². The van der Waals surface area contributed by atoms with E-state index in [1.165, 1.54) is 27.3 Å². The van der Waals surface area contributed by atoms with Crippen molar-refractivity contribution in [1.29, 1.82) is 0 Å². The Labute approximate surface area is 135 Å². The molecule has 23 heavy (non-hydrogen) atoms. The molecular weight excluding hydrogens is 314 g/mol. The summed E-state index contributed by atoms with van der Waals surface area (Å²) in [5.41, 5.74) is 1.29. The highest BCUT2D eigenvalue weighted by Crippen LogP contribution is 2.33. The molecule has 7 nitrogen and oxygen atoms in total. The minimum absolute atomic E-state index is 0.0405. The van der Waals surface area contributed by atoms with Gasteiger partial charge in [-0.05, 0) is 41.3 Å². The third-order valence-electron chi connectivity index (χ3n) is 4.21. The molecule has 1 fully saturated rings. The number of hydrogen-bond acceptors (Lipinski definition) is 5. The van der Waals surface area contributed by atoms with Gasteiger partial charge in [0.25, 0.3) is 5.56 Å². The second-order valence-electron chi connectivity index (χ2n) is 5.56. The smallest absolute Gasteiger partial charge is 0.293 e. The maximum Gasteiger partial charge on any atom is 0.293 e. The number of hydrogen-bond donors (Lipinski definition) is 0. The Kier molecular flexibility index (Phi) is 3.45. The van der Waals surface area contributed by atoms with Gasteiger partial charge in [-0.15, -0.1) is 0 Å². The standard InChI is InChI=1S/C15H15N5O2S/c21-14(18-6-1-2-12(18)11-4-7-23-9-11)8-19-15(22)13-3-5-16-20(13)10-17-19/h3-5,7,9-10,12H,1-2,6,8H2. The normalized spacial score (nSPS) is 17.9. The Morgan fingerprint density at radius 1 is 1.35 bits per heavy atom. The van der Waals surface area contributed by atoms with Crippen LogP contribution in [0, 0.1) is 0 Å². The first-order valence-corrected chi connectivity index (χ1v) is 8.39. The molecule has 1 aliphatic heterocycles. The Bertz CT molecular complexity index is 898. The molecule has 0 N–H and O–H groups in total. The molecule has 0 spiro atoms. The summed E-state index contributed by atoms with van der Waals surface area (Å²) in [5.74, 6) is -0.0721. The number of carbonyl (C=O) groups is 1. The summed E-state index contributed by atoms with van der Waals surface area (Å²) in [6, 6.07) is 3.79. The molecule has 4 heterocycles. The quantitative estimate of drug-likeness (QED) is 0.726. The van der Waals surface area contributed by atoms with Gasteiger partial charge in [0, 0.05) is 6.54 Å². The van der Waals surface area contributed by atoms with Crippen molar-refractivity contribution < 1.29 is 4.79 Å². The fourth-order valence-electron chi connectivity index (χ4n) is 3.08. The SMILES string of the molecule is O=C(Cn1ncn2nccc2c1=O)N1CCCC1c1ccsc1. The fourth-order valence-corrected chi connectivity index (χ4v) is 3.79. The van der Waals surface area contributed by atoms with E-state index in [2.05, 4.69) is 21.6 Å². The molecule has 118 valence electrons. The zero-order chi connectivity index (χ0) is 15.8. The van der Waals surface area contributed by atoms with Crippen molar-refractivity contribution in [3.8, 4) is 0 Å². The minimum Gasteiger partial charge on any atom is -0.334 e. The molecule has 8 heteroatoms. The average molecular weight is 329 g/mol. The summed E-state index contributed by atoms with van der Waals surface area (Å²) in [4.78, 5) is 26.8. The van der Waals surface area contributed by atoms with Gasteiger partial charge in [0.1, 0.15) is 18.4 Å². The minimum atomic E-state index is -0.301. The lowest BCUT2D eigenvalue weighted by atomic mass is 10.1. The van der Waals surface area contributed by atoms with Crippen LogP contribution in [-0.2, 0) is 11.3 Å². The number of aromatic nitrogens is 4. The van der Waals surface area contributed by atoms with Gasteiger partial charge in [-0.1, -0.05) is 0 Å². The predicted molar refractivity (Wildman–Crippen MR) is 85.3 cm³/mol. The molecule has 1 atom stereocenters. The summed E-state index contributed by atoms with van der Waals surface area (Å²) in [5, 5.41) is 12.1. The van der Waals surface area contributed by atoms with E-state index in [0.29, 0.717) is 5.52 Å². The van der Waals surface area contributed by atoms with Crippen molar-refractivity contribution in [2.45, 2.75) is 25.4 Å². The summed E-state index contributed by atoms with van der Waals surface area (Å²) in [6.45, 7) is 0.685. The van der Waals surface area contributed by atoms with Gasteiger partial charge in [0.2, 0.25) is 5.91 Å². The van der Waals surface area contributed by atoms with E-state index in [1.54, 1.807) is 17.4 Å². The van der Waals surface area contributed by atoms with E-state index in [-0.39, 0.29) is 24.1 Å². The van der Waals surface area contributed by atoms with E-state index in [9.17, 15) is 9.59 Å². The highest BCUT2D eigenvalue weighted by atomic mass is 32.1. The van der Waals surface area contributed by atoms with Gasteiger partial charge in [-0.3, -0.25) is 9.59 Å². The van der Waals surface area contributed by atoms with Crippen LogP contribution in [0.25, 0.3) is 5.52 Å². The highest BCUT2D eigenvalue weighted by Gasteiger charge is 2.30. The largest absolute Gasteiger partial charge is 0.334 e. The molecule has 0 radical (unpaired) electrons. The summed E-state index contributed by atoms with van der Waals surface area (Å²) >= 11 is 1.63. The van der Waals surface area contributed by atoms with Crippen LogP contribution in [-0.4, -0.2) is 36.7 Å². The maximum atomic E-state index is 12.7. The number of fused-ring (bicyclic) bond motifs is 1. The Balaban J connectivity index is 1.59. The van der Waals surface area contributed by atoms with Crippen molar-refractivity contribution in [3.05, 3.63) is 51.3 Å². The third kappa shape index (κ3) is 2.44. The number of thiophene rings is 1. The molecule has 1 amide bonds. The van der Waals surface area contributed by atoms with Gasteiger partial charge in [0.15, 0.2) is 0 Å². The van der Waals surface area contributed by atoms with Crippen LogP contribution >= 0.6 is 11.3 Å². The molecule has 1 saturated heterocycles. The van der Waals surface area contributed by atoms with Gasteiger partial charge >= 0.3 is 0 Å². The van der Waals surface area contributed by atoms with Gasteiger partial charge in [0.05, 0.1) is 12.2 Å². The second-order valence-corrected chi connectivity index (χ2v) is 6.34. The molecule has 1 unspecified atom stereocenters. The zero-order valence-corrected chi connectivity index (χ0v) is 13.1. The van der Waals surface area contributed by atoms with Crippen LogP contribution in [0.5, 0.6) is 0 Å². The number of rotatable bonds is 3. The molecule has 0 bridgehead atoms. The monoisotopic (exact) mass is 329 g/mol. The molecule has 0 saturated carbocycles. The molecule has 0 aromatic carbocycles. The van der Waals surface area contributed by atoms with Crippen LogP contribution in [0.3, 0.4) is 0 Å². The van der Waals surface area contributed by atoms with Crippen molar-refractivity contribution >= 4 is 22.8 Å². The van der Waals surface area contributed by atoms with Crippen LogP contribution in [0.2, 0.25) is 0 Å². The zero-order valence-electron chi connectivity index (χ0n) is 12.3. The molecule has 4 rings (SSSR count). The molecule has 0 aliphatic carbocycles. The van der Waals surface area contributed by atoms with Gasteiger partial charge in [-0.2, -0.15) is 21.5 Å². The highest BCUT2D eigenvalue weighted by molar-refractivity contribution is 7.07. The third-order valence-corrected chi connectivity index (χ3v) is 4.91. The van der Waals surface area contributed by atoms with Crippen LogP contribution in [0.15, 0.2) is 40.2 Å². The van der Waals surface area contributed by atoms with Gasteiger partial charge < -0.3 is 4.90 Å². The second kappa shape index (κ2) is 5.62. The van der Waals surface area contributed by atoms with Gasteiger partial charge in [-0.25, -0.2) is 9.20 Å². The lowest BCUT2D eigenvalue weighted by molar-refractivity contribution is -0.133. The average Bonchev–Trinajstić information content (AvgIpc) is 3.30. The van der Waals surface area contributed by atoms with Crippen molar-refractivity contribution in [2.24, 2.45) is 0 Å². The number of nitrogens with zero attached hydrogens (tertiary/aromatic N) is 5. The number of likely N-dealkylation sites (tertiary alicyclic amines) is 1. The Morgan fingerprint density at radius 2 is 2.26 bits per heavy atom. The lowest BCUT2D eigenvalue weighted by Crippen LogP contribution is -2.37. The van der Waals surface area contributed by atoms with E-state index < -0.39 is 0 Å². The van der Waals surface area contributed by atoms with Crippen molar-refractivity contribution in [2.75, 3.05) is 6.54 Å². The molecule has 3 aromatic heterocycles. The Morgan fingerprint density at radius 3 is 3.09 bits per heavy atom. The van der Waals surface area contributed by atoms with Crippen LogP contribution in [0.1, 0.15) is 24.4 Å². The molecule has 3 aromatic rings. The van der Waals surface area contributed by atoms with E-state index in [4.69, 9.17) is 0 Å². The fraction of sp³-hybridized carbons (Fsp3) is 0.333. The summed E-state index contributed by atoms with van der Waals surface area (Å²) in [7, 11) is 0. The van der Waals surface area contributed by atoms with Crippen LogP contribution in [0.4, 0.5) is 0 Å². The lowest BCUT2D eigenvalue weighted by Gasteiger charge is -2.24. The number of carbonyl (C=O) groups excluding carboxylic acids is 1. The van der Waals surface area contributed by atoms with E-state index >= 15 is 0 Å². The first-order valence-electron chi connectivity index (χ1n) is 7.45. The van der Waals surface area contributed by atoms with E-state index in [1.807, 2.05) is 10.3 Å². The summed E-state index contributed by atoms with van der Waals surface area (Å²) < 4.78 is 2.62. The topological polar surface area (TPSA) is 72.5 Å². The maximum absolute atomic E-state index is 12.7. The number of amides is 1. The molecular formula is C15H15N5O2S.